The van der Waals surface area contributed by atoms with E-state index in [1.165, 1.54) is 24.3 Å². The van der Waals surface area contributed by atoms with Crippen LogP contribution in [0.5, 0.6) is 0 Å². The number of rotatable bonds is 2. The van der Waals surface area contributed by atoms with Crippen LogP contribution in [0.2, 0.25) is 0 Å². The molecule has 1 aliphatic heterocycles. The van der Waals surface area contributed by atoms with Gasteiger partial charge < -0.3 is 10.0 Å². The molecule has 1 saturated heterocycles. The third-order valence-corrected chi connectivity index (χ3v) is 5.04. The summed E-state index contributed by atoms with van der Waals surface area (Å²) in [4.78, 5) is 24.5. The van der Waals surface area contributed by atoms with E-state index in [2.05, 4.69) is 0 Å². The van der Waals surface area contributed by atoms with Crippen LogP contribution in [-0.4, -0.2) is 39.5 Å². The summed E-state index contributed by atoms with van der Waals surface area (Å²) in [6.07, 6.45) is 4.57. The molecule has 1 saturated carbocycles. The molecule has 6 heteroatoms. The van der Waals surface area contributed by atoms with E-state index in [4.69, 9.17) is 0 Å². The summed E-state index contributed by atoms with van der Waals surface area (Å²) in [6, 6.07) is 5.71. The number of carbonyl (C=O) groups is 1. The molecule has 0 unspecified atom stereocenters. The van der Waals surface area contributed by atoms with Crippen LogP contribution in [0.3, 0.4) is 0 Å². The maximum Gasteiger partial charge on any atom is 0.269 e. The van der Waals surface area contributed by atoms with Crippen molar-refractivity contribution in [2.24, 2.45) is 5.92 Å². The lowest BCUT2D eigenvalue weighted by atomic mass is 9.71. The number of benzene rings is 1. The molecule has 6 nitrogen and oxygen atoms in total. The molecule has 118 valence electrons. The lowest BCUT2D eigenvalue weighted by Crippen LogP contribution is -2.54. The van der Waals surface area contributed by atoms with E-state index in [0.717, 1.165) is 25.7 Å². The van der Waals surface area contributed by atoms with E-state index in [9.17, 15) is 20.0 Å². The number of nitrogens with zero attached hydrogens (tertiary/aromatic N) is 2. The Morgan fingerprint density at radius 2 is 2.00 bits per heavy atom. The summed E-state index contributed by atoms with van der Waals surface area (Å²) < 4.78 is 0. The zero-order valence-corrected chi connectivity index (χ0v) is 12.4. The summed E-state index contributed by atoms with van der Waals surface area (Å²) in [5.74, 6) is 0.0412. The average Bonchev–Trinajstić information content (AvgIpc) is 2.53. The van der Waals surface area contributed by atoms with Gasteiger partial charge in [-0.1, -0.05) is 12.8 Å². The van der Waals surface area contributed by atoms with Crippen LogP contribution in [-0.2, 0) is 0 Å². The highest BCUT2D eigenvalue weighted by atomic mass is 16.6. The number of nitro benzene ring substituents is 1. The maximum atomic E-state index is 12.5. The molecule has 1 N–H and O–H groups in total. The number of non-ortho nitro benzene ring substituents is 1. The molecule has 1 amide bonds. The van der Waals surface area contributed by atoms with Crippen molar-refractivity contribution in [1.29, 1.82) is 0 Å². The molecule has 1 aliphatic carbocycles. The van der Waals surface area contributed by atoms with Crippen LogP contribution < -0.4 is 0 Å². The van der Waals surface area contributed by atoms with Crippen LogP contribution >= 0.6 is 0 Å². The van der Waals surface area contributed by atoms with Gasteiger partial charge in [-0.2, -0.15) is 0 Å². The fourth-order valence-corrected chi connectivity index (χ4v) is 3.66. The molecular formula is C16H20N2O4. The highest BCUT2D eigenvalue weighted by Gasteiger charge is 2.43. The summed E-state index contributed by atoms with van der Waals surface area (Å²) >= 11 is 0. The van der Waals surface area contributed by atoms with Gasteiger partial charge in [0.2, 0.25) is 0 Å². The lowest BCUT2D eigenvalue weighted by molar-refractivity contribution is -0.384. The SMILES string of the molecule is O=C(c1ccc([N+](=O)[O-])cc1)N1CC[C@]2(O)CCCC[C@H]2C1. The van der Waals surface area contributed by atoms with Crippen molar-refractivity contribution >= 4 is 11.6 Å². The predicted octanol–water partition coefficient (Wildman–Crippen LogP) is 2.36. The van der Waals surface area contributed by atoms with Crippen molar-refractivity contribution in [3.05, 3.63) is 39.9 Å². The van der Waals surface area contributed by atoms with Crippen molar-refractivity contribution in [1.82, 2.24) is 4.90 Å². The highest BCUT2D eigenvalue weighted by molar-refractivity contribution is 5.94. The largest absolute Gasteiger partial charge is 0.389 e. The molecule has 1 aromatic carbocycles. The van der Waals surface area contributed by atoms with Gasteiger partial charge in [-0.3, -0.25) is 14.9 Å². The molecule has 3 rings (SSSR count). The van der Waals surface area contributed by atoms with Crippen molar-refractivity contribution in [3.63, 3.8) is 0 Å². The first-order valence-electron chi connectivity index (χ1n) is 7.76. The number of carbonyl (C=O) groups excluding carboxylic acids is 1. The molecule has 2 aliphatic rings. The lowest BCUT2D eigenvalue weighted by Gasteiger charge is -2.47. The zero-order chi connectivity index (χ0) is 15.7. The van der Waals surface area contributed by atoms with Gasteiger partial charge in [0.05, 0.1) is 10.5 Å². The van der Waals surface area contributed by atoms with Crippen LogP contribution in [0.25, 0.3) is 0 Å². The van der Waals surface area contributed by atoms with Gasteiger partial charge in [0, 0.05) is 36.7 Å². The Bertz CT molecular complexity index is 586. The van der Waals surface area contributed by atoms with Gasteiger partial charge in [-0.25, -0.2) is 0 Å². The van der Waals surface area contributed by atoms with Crippen LogP contribution in [0.1, 0.15) is 42.5 Å². The number of likely N-dealkylation sites (tertiary alicyclic amines) is 1. The predicted molar refractivity (Wildman–Crippen MR) is 80.5 cm³/mol. The van der Waals surface area contributed by atoms with E-state index < -0.39 is 10.5 Å². The normalized spacial score (nSPS) is 28.0. The molecule has 0 aromatic heterocycles. The Hall–Kier alpha value is -1.95. The van der Waals surface area contributed by atoms with Crippen molar-refractivity contribution < 1.29 is 14.8 Å². The molecular weight excluding hydrogens is 284 g/mol. The Labute approximate surface area is 128 Å². The average molecular weight is 304 g/mol. The number of hydrogen-bond acceptors (Lipinski definition) is 4. The van der Waals surface area contributed by atoms with Gasteiger partial charge in [0.1, 0.15) is 0 Å². The first-order valence-corrected chi connectivity index (χ1v) is 7.76. The number of aliphatic hydroxyl groups is 1. The number of amides is 1. The summed E-state index contributed by atoms with van der Waals surface area (Å²) in [5, 5.41) is 21.3. The Morgan fingerprint density at radius 1 is 1.27 bits per heavy atom. The minimum atomic E-state index is -0.607. The molecule has 1 aromatic rings. The van der Waals surface area contributed by atoms with Gasteiger partial charge >= 0.3 is 0 Å². The summed E-state index contributed by atoms with van der Waals surface area (Å²) in [7, 11) is 0. The standard InChI is InChI=1S/C16H20N2O4/c19-15(12-4-6-14(7-5-12)18(21)22)17-10-9-16(20)8-2-1-3-13(16)11-17/h4-7,13,20H,1-3,8-11H2/t13-,16+/m0/s1. The van der Waals surface area contributed by atoms with Gasteiger partial charge in [-0.15, -0.1) is 0 Å². The Kier molecular flexibility index (Phi) is 3.87. The number of piperidine rings is 1. The van der Waals surface area contributed by atoms with Crippen molar-refractivity contribution in [2.75, 3.05) is 13.1 Å². The second-order valence-electron chi connectivity index (χ2n) is 6.35. The van der Waals surface area contributed by atoms with E-state index >= 15 is 0 Å². The molecule has 1 heterocycles. The van der Waals surface area contributed by atoms with Crippen LogP contribution in [0, 0.1) is 16.0 Å². The van der Waals surface area contributed by atoms with E-state index in [1.54, 1.807) is 4.90 Å². The molecule has 2 fully saturated rings. The molecule has 0 spiro atoms. The maximum absolute atomic E-state index is 12.5. The Balaban J connectivity index is 1.71. The smallest absolute Gasteiger partial charge is 0.269 e. The number of hydrogen-bond donors (Lipinski definition) is 1. The topological polar surface area (TPSA) is 83.7 Å². The third kappa shape index (κ3) is 2.70. The van der Waals surface area contributed by atoms with E-state index in [0.29, 0.717) is 25.1 Å². The number of nitro groups is 1. The quantitative estimate of drug-likeness (QED) is 0.671. The van der Waals surface area contributed by atoms with Gasteiger partial charge in [0.15, 0.2) is 0 Å². The molecule has 0 bridgehead atoms. The molecule has 2 atom stereocenters. The zero-order valence-electron chi connectivity index (χ0n) is 12.4. The minimum Gasteiger partial charge on any atom is -0.389 e. The summed E-state index contributed by atoms with van der Waals surface area (Å²) in [6.45, 7) is 1.12. The molecule has 22 heavy (non-hydrogen) atoms. The first kappa shape index (κ1) is 15.0. The fraction of sp³-hybridized carbons (Fsp3) is 0.562. The second kappa shape index (κ2) is 5.68. The Morgan fingerprint density at radius 3 is 2.68 bits per heavy atom. The fourth-order valence-electron chi connectivity index (χ4n) is 3.66. The van der Waals surface area contributed by atoms with Crippen LogP contribution in [0.4, 0.5) is 5.69 Å². The van der Waals surface area contributed by atoms with Gasteiger partial charge in [-0.05, 0) is 31.4 Å². The highest BCUT2D eigenvalue weighted by Crippen LogP contribution is 2.40. The second-order valence-corrected chi connectivity index (χ2v) is 6.35. The monoisotopic (exact) mass is 304 g/mol. The van der Waals surface area contributed by atoms with Gasteiger partial charge in [0.25, 0.3) is 11.6 Å². The van der Waals surface area contributed by atoms with E-state index in [-0.39, 0.29) is 17.5 Å². The molecule has 0 radical (unpaired) electrons. The first-order chi connectivity index (χ1) is 10.5. The van der Waals surface area contributed by atoms with E-state index in [1.807, 2.05) is 0 Å². The summed E-state index contributed by atoms with van der Waals surface area (Å²) in [5.41, 5.74) is -0.159. The third-order valence-electron chi connectivity index (χ3n) is 5.04. The minimum absolute atomic E-state index is 0.0168. The van der Waals surface area contributed by atoms with Crippen molar-refractivity contribution in [3.8, 4) is 0 Å². The van der Waals surface area contributed by atoms with Crippen molar-refractivity contribution in [2.45, 2.75) is 37.7 Å². The van der Waals surface area contributed by atoms with Crippen LogP contribution in [0.15, 0.2) is 24.3 Å². The number of fused-ring (bicyclic) bond motifs is 1.